The van der Waals surface area contributed by atoms with Gasteiger partial charge in [0, 0.05) is 44.8 Å². The summed E-state index contributed by atoms with van der Waals surface area (Å²) in [5, 5.41) is 5.22. The first kappa shape index (κ1) is 31.0. The minimum absolute atomic E-state index is 0.0460. The Balaban J connectivity index is 1.56. The van der Waals surface area contributed by atoms with Gasteiger partial charge >= 0.3 is 0 Å². The molecule has 0 aromatic heterocycles. The van der Waals surface area contributed by atoms with Crippen LogP contribution in [-0.2, 0) is 22.4 Å². The molecule has 0 radical (unpaired) electrons. The lowest BCUT2D eigenvalue weighted by Crippen LogP contribution is -2.54. The van der Waals surface area contributed by atoms with Gasteiger partial charge in [0.25, 0.3) is 0 Å². The van der Waals surface area contributed by atoms with Crippen molar-refractivity contribution in [2.75, 3.05) is 27.2 Å². The number of likely N-dealkylation sites (N-methyl/N-ethyl adjacent to an activating group) is 1. The molecule has 1 fully saturated rings. The molecule has 42 heavy (non-hydrogen) atoms. The minimum atomic E-state index is -0.534. The van der Waals surface area contributed by atoms with Crippen LogP contribution in [-0.4, -0.2) is 60.4 Å². The average Bonchev–Trinajstić information content (AvgIpc) is 2.98. The summed E-state index contributed by atoms with van der Waals surface area (Å²) in [6.07, 6.45) is 7.14. The third-order valence-corrected chi connectivity index (χ3v) is 8.53. The van der Waals surface area contributed by atoms with Gasteiger partial charge in [-0.05, 0) is 67.5 Å². The van der Waals surface area contributed by atoms with Crippen LogP contribution in [0.15, 0.2) is 97.2 Å². The fraction of sp³-hybridized carbons (Fsp3) is 0.389. The smallest absolute Gasteiger partial charge is 0.245 e. The van der Waals surface area contributed by atoms with Crippen molar-refractivity contribution >= 4 is 22.6 Å². The van der Waals surface area contributed by atoms with Crippen LogP contribution in [0, 0.1) is 5.41 Å². The van der Waals surface area contributed by atoms with Gasteiger partial charge < -0.3 is 20.9 Å². The SMILES string of the molecule is C=C(/C=C/CC(C)(C)N)N(C)[C@H](Cc1ccc2ccccc2c1)C(=O)N1CCC(Cc2ccccc2)(C(=O)NC)CC1. The zero-order valence-corrected chi connectivity index (χ0v) is 25.6. The first-order chi connectivity index (χ1) is 20.0. The summed E-state index contributed by atoms with van der Waals surface area (Å²) in [5.41, 5.74) is 8.31. The summed E-state index contributed by atoms with van der Waals surface area (Å²) in [7, 11) is 3.64. The number of carbonyl (C=O) groups excluding carboxylic acids is 2. The molecule has 1 atom stereocenters. The van der Waals surface area contributed by atoms with E-state index in [9.17, 15) is 9.59 Å². The van der Waals surface area contributed by atoms with E-state index in [1.807, 2.05) is 73.2 Å². The number of hydrogen-bond donors (Lipinski definition) is 2. The van der Waals surface area contributed by atoms with Crippen LogP contribution < -0.4 is 11.1 Å². The third kappa shape index (κ3) is 7.68. The lowest BCUT2D eigenvalue weighted by Gasteiger charge is -2.42. The van der Waals surface area contributed by atoms with E-state index >= 15 is 0 Å². The normalized spacial score (nSPS) is 15.9. The molecule has 0 aliphatic carbocycles. The first-order valence-electron chi connectivity index (χ1n) is 14.9. The molecule has 1 heterocycles. The number of likely N-dealkylation sites (tertiary alicyclic amines) is 1. The molecule has 0 saturated carbocycles. The van der Waals surface area contributed by atoms with Crippen molar-refractivity contribution in [2.45, 2.75) is 57.5 Å². The van der Waals surface area contributed by atoms with Crippen LogP contribution >= 0.6 is 0 Å². The summed E-state index contributed by atoms with van der Waals surface area (Å²) in [4.78, 5) is 31.3. The zero-order valence-electron chi connectivity index (χ0n) is 25.6. The molecule has 222 valence electrons. The third-order valence-electron chi connectivity index (χ3n) is 8.53. The standard InChI is InChI=1S/C36H46N4O2/c1-27(12-11-19-35(2,3)37)39(5)32(25-29-17-18-30-15-9-10-16-31(30)24-29)33(41)40-22-20-36(21-23-40,34(42)38-4)26-28-13-7-6-8-14-28/h6-18,24,32H,1,19-23,25-26,37H2,2-5H3,(H,38,42)/b12-11+/t32-/m1/s1. The molecule has 0 unspecified atom stereocenters. The van der Waals surface area contributed by atoms with Crippen molar-refractivity contribution in [2.24, 2.45) is 11.1 Å². The number of nitrogens with two attached hydrogens (primary N) is 1. The molecule has 1 aliphatic rings. The number of hydrogen-bond acceptors (Lipinski definition) is 4. The number of carbonyl (C=O) groups is 2. The van der Waals surface area contributed by atoms with E-state index in [0.717, 1.165) is 22.2 Å². The van der Waals surface area contributed by atoms with E-state index in [-0.39, 0.29) is 17.4 Å². The molecule has 0 spiro atoms. The van der Waals surface area contributed by atoms with Crippen molar-refractivity contribution in [1.82, 2.24) is 15.1 Å². The van der Waals surface area contributed by atoms with Gasteiger partial charge in [-0.15, -0.1) is 0 Å². The van der Waals surface area contributed by atoms with E-state index in [1.54, 1.807) is 7.05 Å². The van der Waals surface area contributed by atoms with Crippen LogP contribution in [0.3, 0.4) is 0 Å². The molecule has 3 N–H and O–H groups in total. The number of rotatable bonds is 11. The van der Waals surface area contributed by atoms with Crippen LogP contribution in [0.1, 0.15) is 44.2 Å². The number of piperidine rings is 1. The molecule has 6 heteroatoms. The number of fused-ring (bicyclic) bond motifs is 1. The molecule has 3 aromatic carbocycles. The molecule has 1 saturated heterocycles. The van der Waals surface area contributed by atoms with Crippen LogP contribution in [0.4, 0.5) is 0 Å². The molecule has 2 amide bonds. The average molecular weight is 567 g/mol. The van der Waals surface area contributed by atoms with E-state index < -0.39 is 11.5 Å². The number of amides is 2. The fourth-order valence-corrected chi connectivity index (χ4v) is 5.90. The first-order valence-corrected chi connectivity index (χ1v) is 14.9. The Bertz CT molecular complexity index is 1420. The van der Waals surface area contributed by atoms with E-state index in [4.69, 9.17) is 5.73 Å². The Morgan fingerprint density at radius 2 is 1.67 bits per heavy atom. The van der Waals surface area contributed by atoms with Gasteiger partial charge in [0.05, 0.1) is 5.41 Å². The van der Waals surface area contributed by atoms with Gasteiger partial charge in [0.2, 0.25) is 11.8 Å². The summed E-state index contributed by atoms with van der Waals surface area (Å²) < 4.78 is 0. The van der Waals surface area contributed by atoms with Gasteiger partial charge in [0.15, 0.2) is 0 Å². The Morgan fingerprint density at radius 1 is 1.02 bits per heavy atom. The van der Waals surface area contributed by atoms with Gasteiger partial charge in [-0.3, -0.25) is 9.59 Å². The Morgan fingerprint density at radius 3 is 2.31 bits per heavy atom. The molecular weight excluding hydrogens is 520 g/mol. The number of nitrogens with one attached hydrogen (secondary N) is 1. The van der Waals surface area contributed by atoms with Gasteiger partial charge in [-0.1, -0.05) is 85.5 Å². The summed E-state index contributed by atoms with van der Waals surface area (Å²) in [6.45, 7) is 9.34. The topological polar surface area (TPSA) is 78.7 Å². The maximum absolute atomic E-state index is 14.3. The highest BCUT2D eigenvalue weighted by molar-refractivity contribution is 5.86. The van der Waals surface area contributed by atoms with Crippen molar-refractivity contribution in [3.63, 3.8) is 0 Å². The Hall–Kier alpha value is -3.90. The predicted molar refractivity (Wildman–Crippen MR) is 173 cm³/mol. The predicted octanol–water partition coefficient (Wildman–Crippen LogP) is 5.48. The molecule has 0 bridgehead atoms. The van der Waals surface area contributed by atoms with Crippen LogP contribution in [0.25, 0.3) is 10.8 Å². The zero-order chi connectivity index (χ0) is 30.3. The number of benzene rings is 3. The number of nitrogens with zero attached hydrogens (tertiary/aromatic N) is 2. The van der Waals surface area contributed by atoms with E-state index in [1.165, 1.54) is 5.39 Å². The van der Waals surface area contributed by atoms with Crippen LogP contribution in [0.2, 0.25) is 0 Å². The lowest BCUT2D eigenvalue weighted by molar-refractivity contribution is -0.143. The quantitative estimate of drug-likeness (QED) is 0.302. The maximum Gasteiger partial charge on any atom is 0.245 e. The van der Waals surface area contributed by atoms with Gasteiger partial charge in [-0.25, -0.2) is 0 Å². The van der Waals surface area contributed by atoms with E-state index in [2.05, 4.69) is 54.4 Å². The highest BCUT2D eigenvalue weighted by Crippen LogP contribution is 2.36. The monoisotopic (exact) mass is 566 g/mol. The Labute approximate surface area is 251 Å². The number of allylic oxidation sites excluding steroid dienone is 1. The largest absolute Gasteiger partial charge is 0.363 e. The molecular formula is C36H46N4O2. The maximum atomic E-state index is 14.3. The van der Waals surface area contributed by atoms with Gasteiger partial charge in [0.1, 0.15) is 6.04 Å². The van der Waals surface area contributed by atoms with Crippen molar-refractivity contribution in [3.05, 3.63) is 108 Å². The second kappa shape index (κ2) is 13.4. The molecule has 4 rings (SSSR count). The van der Waals surface area contributed by atoms with Crippen molar-refractivity contribution in [3.8, 4) is 0 Å². The van der Waals surface area contributed by atoms with Crippen molar-refractivity contribution in [1.29, 1.82) is 0 Å². The van der Waals surface area contributed by atoms with Crippen LogP contribution in [0.5, 0.6) is 0 Å². The molecule has 1 aliphatic heterocycles. The summed E-state index contributed by atoms with van der Waals surface area (Å²) >= 11 is 0. The molecule has 3 aromatic rings. The van der Waals surface area contributed by atoms with Gasteiger partial charge in [-0.2, -0.15) is 0 Å². The molecule has 6 nitrogen and oxygen atoms in total. The fourth-order valence-electron chi connectivity index (χ4n) is 5.90. The van der Waals surface area contributed by atoms with E-state index in [0.29, 0.717) is 45.2 Å². The highest BCUT2D eigenvalue weighted by atomic mass is 16.2. The highest BCUT2D eigenvalue weighted by Gasteiger charge is 2.43. The Kier molecular flexibility index (Phi) is 9.89. The minimum Gasteiger partial charge on any atom is -0.363 e. The second-order valence-electron chi connectivity index (χ2n) is 12.4. The van der Waals surface area contributed by atoms with Crippen molar-refractivity contribution < 1.29 is 9.59 Å². The summed E-state index contributed by atoms with van der Waals surface area (Å²) in [5.74, 6) is 0.106. The lowest BCUT2D eigenvalue weighted by atomic mass is 9.73. The second-order valence-corrected chi connectivity index (χ2v) is 12.4. The summed E-state index contributed by atoms with van der Waals surface area (Å²) in [6, 6.07) is 24.4.